The van der Waals surface area contributed by atoms with Gasteiger partial charge in [0.25, 0.3) is 0 Å². The van der Waals surface area contributed by atoms with Crippen LogP contribution in [0, 0.1) is 11.8 Å². The first-order valence-corrected chi connectivity index (χ1v) is 8.63. The van der Waals surface area contributed by atoms with Crippen LogP contribution < -0.4 is 5.32 Å². The molecular formula is C14H24N2O3S. The van der Waals surface area contributed by atoms with E-state index in [9.17, 15) is 9.59 Å². The Balaban J connectivity index is 1.62. The molecule has 20 heavy (non-hydrogen) atoms. The average Bonchev–Trinajstić information content (AvgIpc) is 2.96. The third kappa shape index (κ3) is 4.89. The molecule has 0 aliphatic carbocycles. The molecule has 0 aromatic heterocycles. The number of nitrogens with zero attached hydrogens (tertiary/aromatic N) is 1. The number of amides is 2. The quantitative estimate of drug-likeness (QED) is 0.815. The van der Waals surface area contributed by atoms with Gasteiger partial charge in [0, 0.05) is 26.1 Å². The van der Waals surface area contributed by atoms with Crippen LogP contribution in [0.1, 0.15) is 32.1 Å². The second kappa shape index (κ2) is 7.76. The Morgan fingerprint density at radius 2 is 1.95 bits per heavy atom. The van der Waals surface area contributed by atoms with Crippen molar-refractivity contribution in [1.29, 1.82) is 0 Å². The first-order valence-electron chi connectivity index (χ1n) is 7.47. The molecule has 0 spiro atoms. The lowest BCUT2D eigenvalue weighted by Gasteiger charge is -2.32. The van der Waals surface area contributed by atoms with Crippen LogP contribution in [-0.2, 0) is 4.79 Å². The van der Waals surface area contributed by atoms with Gasteiger partial charge in [-0.1, -0.05) is 0 Å². The van der Waals surface area contributed by atoms with E-state index in [-0.39, 0.29) is 12.5 Å². The number of hydrogen-bond donors (Lipinski definition) is 2. The highest BCUT2D eigenvalue weighted by molar-refractivity contribution is 7.99. The third-order valence-electron chi connectivity index (χ3n) is 4.23. The molecule has 114 valence electrons. The first kappa shape index (κ1) is 15.5. The summed E-state index contributed by atoms with van der Waals surface area (Å²) in [5.41, 5.74) is 0. The number of carboxylic acids is 1. The van der Waals surface area contributed by atoms with Gasteiger partial charge in [-0.15, -0.1) is 0 Å². The van der Waals surface area contributed by atoms with Gasteiger partial charge >= 0.3 is 12.0 Å². The molecule has 2 heterocycles. The molecule has 2 amide bonds. The number of aliphatic carboxylic acids is 1. The standard InChI is InChI=1S/C14H24N2O3S/c17-13(18)2-1-11-3-6-16(7-4-11)14(19)15-9-12-5-8-20-10-12/h11-12H,1-10H2,(H,15,19)(H,17,18). The number of carbonyl (C=O) groups is 2. The summed E-state index contributed by atoms with van der Waals surface area (Å²) in [5.74, 6) is 2.76. The minimum atomic E-state index is -0.723. The topological polar surface area (TPSA) is 69.6 Å². The van der Waals surface area contributed by atoms with Crippen molar-refractivity contribution in [2.24, 2.45) is 11.8 Å². The molecule has 2 saturated heterocycles. The molecule has 6 heteroatoms. The summed E-state index contributed by atoms with van der Waals surface area (Å²) in [5, 5.41) is 11.7. The predicted molar refractivity (Wildman–Crippen MR) is 80.0 cm³/mol. The Labute approximate surface area is 124 Å². The number of thioether (sulfide) groups is 1. The Kier molecular flexibility index (Phi) is 6.01. The molecule has 2 aliphatic heterocycles. The second-order valence-corrected chi connectivity index (χ2v) is 6.93. The van der Waals surface area contributed by atoms with Crippen molar-refractivity contribution in [2.45, 2.75) is 32.1 Å². The van der Waals surface area contributed by atoms with E-state index in [0.717, 1.165) is 44.6 Å². The lowest BCUT2D eigenvalue weighted by atomic mass is 9.92. The zero-order valence-electron chi connectivity index (χ0n) is 11.8. The lowest BCUT2D eigenvalue weighted by molar-refractivity contribution is -0.137. The number of carboxylic acid groups (broad SMARTS) is 1. The molecule has 1 unspecified atom stereocenters. The number of likely N-dealkylation sites (tertiary alicyclic amines) is 1. The molecule has 2 fully saturated rings. The minimum Gasteiger partial charge on any atom is -0.481 e. The Morgan fingerprint density at radius 1 is 1.20 bits per heavy atom. The van der Waals surface area contributed by atoms with Gasteiger partial charge in [-0.2, -0.15) is 11.8 Å². The molecule has 0 aromatic carbocycles. The van der Waals surface area contributed by atoms with Gasteiger partial charge in [-0.3, -0.25) is 4.79 Å². The van der Waals surface area contributed by atoms with E-state index < -0.39 is 5.97 Å². The Hall–Kier alpha value is -0.910. The number of hydrogen-bond acceptors (Lipinski definition) is 3. The maximum atomic E-state index is 12.0. The number of rotatable bonds is 5. The average molecular weight is 300 g/mol. The van der Waals surface area contributed by atoms with Crippen LogP contribution in [0.25, 0.3) is 0 Å². The molecule has 0 saturated carbocycles. The fraction of sp³-hybridized carbons (Fsp3) is 0.857. The smallest absolute Gasteiger partial charge is 0.317 e. The molecule has 1 atom stereocenters. The molecular weight excluding hydrogens is 276 g/mol. The van der Waals surface area contributed by atoms with Gasteiger partial charge in [-0.25, -0.2) is 4.79 Å². The normalized spacial score (nSPS) is 23.8. The molecule has 0 radical (unpaired) electrons. The largest absolute Gasteiger partial charge is 0.481 e. The predicted octanol–water partition coefficient (Wildman–Crippen LogP) is 2.03. The molecule has 0 aromatic rings. The molecule has 5 nitrogen and oxygen atoms in total. The van der Waals surface area contributed by atoms with Crippen LogP contribution in [0.2, 0.25) is 0 Å². The van der Waals surface area contributed by atoms with E-state index >= 15 is 0 Å². The Morgan fingerprint density at radius 3 is 2.55 bits per heavy atom. The van der Waals surface area contributed by atoms with E-state index in [1.165, 1.54) is 12.2 Å². The van der Waals surface area contributed by atoms with E-state index in [0.29, 0.717) is 11.8 Å². The molecule has 2 rings (SSSR count). The summed E-state index contributed by atoms with van der Waals surface area (Å²) in [7, 11) is 0. The molecule has 2 aliphatic rings. The zero-order valence-corrected chi connectivity index (χ0v) is 12.7. The van der Waals surface area contributed by atoms with Gasteiger partial charge in [0.15, 0.2) is 0 Å². The van der Waals surface area contributed by atoms with Gasteiger partial charge in [-0.05, 0) is 49.0 Å². The third-order valence-corrected chi connectivity index (χ3v) is 5.47. The number of urea groups is 1. The van der Waals surface area contributed by atoms with Crippen molar-refractivity contribution < 1.29 is 14.7 Å². The van der Waals surface area contributed by atoms with Crippen molar-refractivity contribution in [2.75, 3.05) is 31.1 Å². The van der Waals surface area contributed by atoms with Crippen LogP contribution in [0.15, 0.2) is 0 Å². The van der Waals surface area contributed by atoms with Crippen molar-refractivity contribution in [3.8, 4) is 0 Å². The van der Waals surface area contributed by atoms with Gasteiger partial charge in [0.2, 0.25) is 0 Å². The van der Waals surface area contributed by atoms with Gasteiger partial charge in [0.05, 0.1) is 0 Å². The van der Waals surface area contributed by atoms with Crippen LogP contribution in [-0.4, -0.2) is 53.1 Å². The van der Waals surface area contributed by atoms with Crippen LogP contribution in [0.4, 0.5) is 4.79 Å². The summed E-state index contributed by atoms with van der Waals surface area (Å²) in [6.45, 7) is 2.32. The van der Waals surface area contributed by atoms with Crippen molar-refractivity contribution in [3.63, 3.8) is 0 Å². The number of carbonyl (C=O) groups excluding carboxylic acids is 1. The van der Waals surface area contributed by atoms with Gasteiger partial charge < -0.3 is 15.3 Å². The fourth-order valence-electron chi connectivity index (χ4n) is 2.84. The summed E-state index contributed by atoms with van der Waals surface area (Å²) in [6.07, 6.45) is 4.06. The lowest BCUT2D eigenvalue weighted by Crippen LogP contribution is -2.45. The van der Waals surface area contributed by atoms with E-state index in [1.54, 1.807) is 0 Å². The fourth-order valence-corrected chi connectivity index (χ4v) is 4.12. The molecule has 0 bridgehead atoms. The number of nitrogens with one attached hydrogen (secondary N) is 1. The first-order chi connectivity index (χ1) is 9.65. The highest BCUT2D eigenvalue weighted by atomic mass is 32.2. The van der Waals surface area contributed by atoms with Gasteiger partial charge in [0.1, 0.15) is 0 Å². The van der Waals surface area contributed by atoms with E-state index in [2.05, 4.69) is 5.32 Å². The summed E-state index contributed by atoms with van der Waals surface area (Å²) in [6, 6.07) is 0.0542. The van der Waals surface area contributed by atoms with Crippen LogP contribution in [0.5, 0.6) is 0 Å². The van der Waals surface area contributed by atoms with Crippen LogP contribution in [0.3, 0.4) is 0 Å². The number of piperidine rings is 1. The molecule has 2 N–H and O–H groups in total. The van der Waals surface area contributed by atoms with E-state index in [1.807, 2.05) is 16.7 Å². The SMILES string of the molecule is O=C(O)CCC1CCN(C(=O)NCC2CCSC2)CC1. The van der Waals surface area contributed by atoms with Crippen molar-refractivity contribution in [3.05, 3.63) is 0 Å². The highest BCUT2D eigenvalue weighted by Gasteiger charge is 2.24. The maximum Gasteiger partial charge on any atom is 0.317 e. The maximum absolute atomic E-state index is 12.0. The van der Waals surface area contributed by atoms with Crippen molar-refractivity contribution in [1.82, 2.24) is 10.2 Å². The second-order valence-electron chi connectivity index (χ2n) is 5.78. The zero-order chi connectivity index (χ0) is 14.4. The monoisotopic (exact) mass is 300 g/mol. The summed E-state index contributed by atoms with van der Waals surface area (Å²) in [4.78, 5) is 24.5. The Bertz CT molecular complexity index is 337. The highest BCUT2D eigenvalue weighted by Crippen LogP contribution is 2.23. The van der Waals surface area contributed by atoms with Crippen LogP contribution >= 0.6 is 11.8 Å². The van der Waals surface area contributed by atoms with Crippen molar-refractivity contribution >= 4 is 23.8 Å². The summed E-state index contributed by atoms with van der Waals surface area (Å²) >= 11 is 1.96. The summed E-state index contributed by atoms with van der Waals surface area (Å²) < 4.78 is 0. The van der Waals surface area contributed by atoms with E-state index in [4.69, 9.17) is 5.11 Å². The minimum absolute atomic E-state index is 0.0542.